The molecule has 0 saturated carbocycles. The van der Waals surface area contributed by atoms with Gasteiger partial charge in [-0.05, 0) is 24.1 Å². The second-order valence-corrected chi connectivity index (χ2v) is 4.85. The first-order chi connectivity index (χ1) is 7.61. The maximum atomic E-state index is 11.0. The molecule has 0 bridgehead atoms. The van der Waals surface area contributed by atoms with Gasteiger partial charge in [0.2, 0.25) is 0 Å². The largest absolute Gasteiger partial charge is 0.346 e. The molecule has 0 atom stereocenters. The molecule has 0 saturated heterocycles. The summed E-state index contributed by atoms with van der Waals surface area (Å²) in [4.78, 5) is 11.0. The van der Waals surface area contributed by atoms with Crippen molar-refractivity contribution in [2.24, 2.45) is 5.92 Å². The minimum Gasteiger partial charge on any atom is -0.346 e. The van der Waals surface area contributed by atoms with E-state index in [1.807, 2.05) is 24.4 Å². The van der Waals surface area contributed by atoms with Crippen molar-refractivity contribution in [3.05, 3.63) is 35.0 Å². The van der Waals surface area contributed by atoms with Crippen molar-refractivity contribution >= 4 is 28.8 Å². The Morgan fingerprint density at radius 2 is 2.19 bits per heavy atom. The van der Waals surface area contributed by atoms with Crippen LogP contribution in [-0.4, -0.2) is 10.9 Å². The molecule has 0 unspecified atom stereocenters. The van der Waals surface area contributed by atoms with E-state index in [0.29, 0.717) is 16.5 Å². The lowest BCUT2D eigenvalue weighted by Crippen LogP contribution is -2.02. The van der Waals surface area contributed by atoms with Crippen molar-refractivity contribution in [2.75, 3.05) is 0 Å². The number of hydrogen-bond acceptors (Lipinski definition) is 1. The fourth-order valence-electron chi connectivity index (χ4n) is 1.94. The molecule has 2 rings (SSSR count). The number of rotatable bonds is 3. The minimum atomic E-state index is 0.547. The average molecular weight is 236 g/mol. The molecule has 2 aromatic rings. The lowest BCUT2D eigenvalue weighted by atomic mass is 10.2. The number of carbonyl (C=O) groups excluding carboxylic acids is 1. The molecule has 84 valence electrons. The Labute approximate surface area is 99.8 Å². The first-order valence-electron chi connectivity index (χ1n) is 5.35. The van der Waals surface area contributed by atoms with Gasteiger partial charge in [0, 0.05) is 34.2 Å². The molecule has 0 spiro atoms. The smallest absolute Gasteiger partial charge is 0.152 e. The van der Waals surface area contributed by atoms with Gasteiger partial charge in [0.1, 0.15) is 0 Å². The van der Waals surface area contributed by atoms with Crippen molar-refractivity contribution in [3.63, 3.8) is 0 Å². The van der Waals surface area contributed by atoms with Gasteiger partial charge < -0.3 is 4.57 Å². The van der Waals surface area contributed by atoms with Gasteiger partial charge in [0.05, 0.1) is 0 Å². The summed E-state index contributed by atoms with van der Waals surface area (Å²) in [6.45, 7) is 5.22. The Morgan fingerprint density at radius 3 is 2.81 bits per heavy atom. The molecule has 16 heavy (non-hydrogen) atoms. The van der Waals surface area contributed by atoms with Gasteiger partial charge in [-0.25, -0.2) is 0 Å². The van der Waals surface area contributed by atoms with Crippen LogP contribution < -0.4 is 0 Å². The van der Waals surface area contributed by atoms with Crippen LogP contribution in [0.5, 0.6) is 0 Å². The van der Waals surface area contributed by atoms with E-state index >= 15 is 0 Å². The van der Waals surface area contributed by atoms with Crippen LogP contribution in [0.4, 0.5) is 0 Å². The van der Waals surface area contributed by atoms with Crippen LogP contribution in [-0.2, 0) is 6.54 Å². The number of fused-ring (bicyclic) bond motifs is 1. The number of halogens is 1. The van der Waals surface area contributed by atoms with Crippen molar-refractivity contribution < 1.29 is 4.79 Å². The first kappa shape index (κ1) is 11.2. The molecule has 0 aliphatic heterocycles. The van der Waals surface area contributed by atoms with E-state index in [-0.39, 0.29) is 0 Å². The maximum absolute atomic E-state index is 11.0. The van der Waals surface area contributed by atoms with Crippen molar-refractivity contribution in [3.8, 4) is 0 Å². The van der Waals surface area contributed by atoms with Crippen LogP contribution in [0.25, 0.3) is 10.9 Å². The first-order valence-corrected chi connectivity index (χ1v) is 5.73. The van der Waals surface area contributed by atoms with E-state index in [4.69, 9.17) is 11.6 Å². The van der Waals surface area contributed by atoms with E-state index in [9.17, 15) is 4.79 Å². The Morgan fingerprint density at radius 1 is 1.44 bits per heavy atom. The summed E-state index contributed by atoms with van der Waals surface area (Å²) in [5, 5.41) is 1.60. The molecule has 0 amide bonds. The van der Waals surface area contributed by atoms with Gasteiger partial charge in [-0.2, -0.15) is 0 Å². The molecule has 1 aromatic heterocycles. The van der Waals surface area contributed by atoms with Crippen LogP contribution in [0, 0.1) is 5.92 Å². The van der Waals surface area contributed by atoms with Crippen molar-refractivity contribution in [1.29, 1.82) is 0 Å². The highest BCUT2D eigenvalue weighted by atomic mass is 35.5. The monoisotopic (exact) mass is 235 g/mol. The van der Waals surface area contributed by atoms with Crippen LogP contribution in [0.1, 0.15) is 24.2 Å². The number of nitrogens with zero attached hydrogens (tertiary/aromatic N) is 1. The Balaban J connectivity index is 2.63. The molecule has 0 N–H and O–H groups in total. The van der Waals surface area contributed by atoms with E-state index in [2.05, 4.69) is 18.4 Å². The summed E-state index contributed by atoms with van der Waals surface area (Å²) in [7, 11) is 0. The molecular weight excluding hydrogens is 222 g/mol. The molecule has 0 radical (unpaired) electrons. The summed E-state index contributed by atoms with van der Waals surface area (Å²) in [5.74, 6) is 0.547. The molecule has 0 aliphatic rings. The zero-order valence-corrected chi connectivity index (χ0v) is 10.2. The van der Waals surface area contributed by atoms with Gasteiger partial charge in [0.25, 0.3) is 0 Å². The molecule has 1 aromatic carbocycles. The van der Waals surface area contributed by atoms with Crippen molar-refractivity contribution in [2.45, 2.75) is 20.4 Å². The fourth-order valence-corrected chi connectivity index (χ4v) is 2.11. The van der Waals surface area contributed by atoms with E-state index < -0.39 is 0 Å². The van der Waals surface area contributed by atoms with Gasteiger partial charge >= 0.3 is 0 Å². The van der Waals surface area contributed by atoms with Gasteiger partial charge in [-0.15, -0.1) is 0 Å². The van der Waals surface area contributed by atoms with Crippen LogP contribution in [0.2, 0.25) is 5.02 Å². The van der Waals surface area contributed by atoms with Crippen molar-refractivity contribution in [1.82, 2.24) is 4.57 Å². The minimum absolute atomic E-state index is 0.547. The lowest BCUT2D eigenvalue weighted by Gasteiger charge is -2.07. The Kier molecular flexibility index (Phi) is 3.01. The zero-order valence-electron chi connectivity index (χ0n) is 9.40. The van der Waals surface area contributed by atoms with E-state index in [0.717, 1.165) is 23.7 Å². The molecule has 0 aliphatic carbocycles. The summed E-state index contributed by atoms with van der Waals surface area (Å²) in [5.41, 5.74) is 1.78. The topological polar surface area (TPSA) is 22.0 Å². The molecule has 0 fully saturated rings. The predicted molar refractivity (Wildman–Crippen MR) is 67.2 cm³/mol. The SMILES string of the molecule is CC(C)Cn1cc(C=O)c2cc(Cl)ccc21. The van der Waals surface area contributed by atoms with Gasteiger partial charge in [-0.3, -0.25) is 4.79 Å². The Bertz CT molecular complexity index is 528. The molecule has 1 heterocycles. The number of aromatic nitrogens is 1. The normalized spacial score (nSPS) is 11.2. The lowest BCUT2D eigenvalue weighted by molar-refractivity contribution is 0.112. The van der Waals surface area contributed by atoms with E-state index in [1.54, 1.807) is 0 Å². The van der Waals surface area contributed by atoms with Crippen LogP contribution in [0.3, 0.4) is 0 Å². The van der Waals surface area contributed by atoms with E-state index in [1.165, 1.54) is 0 Å². The highest BCUT2D eigenvalue weighted by molar-refractivity contribution is 6.31. The predicted octanol–water partition coefficient (Wildman–Crippen LogP) is 3.76. The number of aldehydes is 1. The third-order valence-corrected chi connectivity index (χ3v) is 2.80. The molecule has 3 heteroatoms. The Hall–Kier alpha value is -1.28. The quantitative estimate of drug-likeness (QED) is 0.743. The summed E-state index contributed by atoms with van der Waals surface area (Å²) >= 11 is 5.94. The average Bonchev–Trinajstić information content (AvgIpc) is 2.55. The maximum Gasteiger partial charge on any atom is 0.152 e. The van der Waals surface area contributed by atoms with Crippen LogP contribution in [0.15, 0.2) is 24.4 Å². The highest BCUT2D eigenvalue weighted by Crippen LogP contribution is 2.24. The summed E-state index contributed by atoms with van der Waals surface area (Å²) in [6, 6.07) is 5.67. The number of benzene rings is 1. The molecule has 2 nitrogen and oxygen atoms in total. The third kappa shape index (κ3) is 1.98. The van der Waals surface area contributed by atoms with Gasteiger partial charge in [-0.1, -0.05) is 25.4 Å². The second-order valence-electron chi connectivity index (χ2n) is 4.41. The fraction of sp³-hybridized carbons (Fsp3) is 0.308. The number of carbonyl (C=O) groups is 1. The molecular formula is C13H14ClNO. The third-order valence-electron chi connectivity index (χ3n) is 2.56. The van der Waals surface area contributed by atoms with Crippen LogP contribution >= 0.6 is 11.6 Å². The summed E-state index contributed by atoms with van der Waals surface area (Å²) < 4.78 is 2.11. The standard InChI is InChI=1S/C13H14ClNO/c1-9(2)6-15-7-10(8-16)12-5-11(14)3-4-13(12)15/h3-5,7-9H,6H2,1-2H3. The number of hydrogen-bond donors (Lipinski definition) is 0. The second kappa shape index (κ2) is 4.30. The summed E-state index contributed by atoms with van der Waals surface area (Å²) in [6.07, 6.45) is 2.78. The zero-order chi connectivity index (χ0) is 11.7. The van der Waals surface area contributed by atoms with Gasteiger partial charge in [0.15, 0.2) is 6.29 Å². The highest BCUT2D eigenvalue weighted by Gasteiger charge is 2.09.